The molecule has 3 nitrogen and oxygen atoms in total. The van der Waals surface area contributed by atoms with E-state index in [1.54, 1.807) is 12.1 Å². The van der Waals surface area contributed by atoms with Gasteiger partial charge in [0, 0.05) is 10.0 Å². The molecule has 0 aromatic heterocycles. The van der Waals surface area contributed by atoms with Crippen molar-refractivity contribution in [3.63, 3.8) is 0 Å². The Morgan fingerprint density at radius 2 is 1.32 bits per heavy atom. The van der Waals surface area contributed by atoms with Crippen molar-refractivity contribution in [3.8, 4) is 0 Å². The van der Waals surface area contributed by atoms with Crippen molar-refractivity contribution in [2.45, 2.75) is 26.9 Å². The van der Waals surface area contributed by atoms with Gasteiger partial charge in [-0.3, -0.25) is 0 Å². The fourth-order valence-electron chi connectivity index (χ4n) is 2.44. The normalized spacial score (nSPS) is 17.8. The second-order valence-corrected chi connectivity index (χ2v) is 6.66. The highest BCUT2D eigenvalue weighted by molar-refractivity contribution is 9.10. The third kappa shape index (κ3) is 4.81. The number of nitrogens with zero attached hydrogens (tertiary/aromatic N) is 3. The van der Waals surface area contributed by atoms with Crippen LogP contribution in [0.25, 0.3) is 0 Å². The second-order valence-electron chi connectivity index (χ2n) is 5.75. The molecule has 1 aliphatic rings. The summed E-state index contributed by atoms with van der Waals surface area (Å²) in [6.07, 6.45) is -2.38. The van der Waals surface area contributed by atoms with Crippen molar-refractivity contribution < 1.29 is 8.78 Å². The van der Waals surface area contributed by atoms with Crippen molar-refractivity contribution in [1.82, 2.24) is 14.2 Å². The predicted molar refractivity (Wildman–Crippen MR) is 97.2 cm³/mol. The minimum Gasteiger partial charge on any atom is -0.360 e. The van der Waals surface area contributed by atoms with E-state index in [0.29, 0.717) is 25.4 Å². The maximum atomic E-state index is 11.9. The number of rotatable bonds is 1. The van der Waals surface area contributed by atoms with Crippen LogP contribution in [0.15, 0.2) is 28.7 Å². The molecule has 1 aromatic carbocycles. The molecule has 1 heterocycles. The van der Waals surface area contributed by atoms with Crippen LogP contribution in [0.3, 0.4) is 0 Å². The van der Waals surface area contributed by atoms with Gasteiger partial charge in [0.05, 0.1) is 0 Å². The molecule has 0 N–H and O–H groups in total. The largest absolute Gasteiger partial charge is 0.360 e. The van der Waals surface area contributed by atoms with Gasteiger partial charge in [-0.15, -0.1) is 0 Å². The van der Waals surface area contributed by atoms with Crippen LogP contribution >= 0.6 is 15.9 Å². The summed E-state index contributed by atoms with van der Waals surface area (Å²) in [6, 6.07) is 6.11. The zero-order valence-corrected chi connectivity index (χ0v) is 15.7. The fourth-order valence-corrected chi connectivity index (χ4v) is 2.86. The molecule has 1 fully saturated rings. The summed E-state index contributed by atoms with van der Waals surface area (Å²) < 4.78 is 31.7. The lowest BCUT2D eigenvalue weighted by Crippen LogP contribution is -2.72. The molecule has 1 saturated heterocycles. The minimum atomic E-state index is -2.38. The topological polar surface area (TPSA) is 9.72 Å². The van der Waals surface area contributed by atoms with Gasteiger partial charge in [-0.05, 0) is 33.3 Å². The summed E-state index contributed by atoms with van der Waals surface area (Å²) in [4.78, 5) is 0. The summed E-state index contributed by atoms with van der Waals surface area (Å²) in [5.41, 5.74) is 0.0503. The molecular weight excluding hydrogens is 348 g/mol. The fraction of sp³-hybridized carbons (Fsp3) is 0.538. The molecule has 120 valence electrons. The van der Waals surface area contributed by atoms with E-state index in [0.717, 1.165) is 0 Å². The van der Waals surface area contributed by atoms with Crippen LogP contribution in [0.2, 0.25) is 20.5 Å². The van der Waals surface area contributed by atoms with Gasteiger partial charge in [-0.25, -0.2) is 8.78 Å². The van der Waals surface area contributed by atoms with Gasteiger partial charge in [0.25, 0.3) is 27.4 Å². The van der Waals surface area contributed by atoms with Crippen LogP contribution in [-0.2, 0) is 0 Å². The molecular formula is C13H23B3BrF2N3. The quantitative estimate of drug-likeness (QED) is 0.699. The van der Waals surface area contributed by atoms with Crippen LogP contribution in [0, 0.1) is 0 Å². The summed E-state index contributed by atoms with van der Waals surface area (Å²) in [6.45, 7) is 8.35. The highest BCUT2D eigenvalue weighted by atomic mass is 79.9. The van der Waals surface area contributed by atoms with Crippen molar-refractivity contribution in [3.05, 3.63) is 34.3 Å². The van der Waals surface area contributed by atoms with E-state index in [1.165, 1.54) is 12.1 Å². The van der Waals surface area contributed by atoms with Gasteiger partial charge in [0.2, 0.25) is 0 Å². The summed E-state index contributed by atoms with van der Waals surface area (Å²) in [5, 5.41) is 0. The van der Waals surface area contributed by atoms with Gasteiger partial charge < -0.3 is 14.2 Å². The first-order valence-electron chi connectivity index (χ1n) is 7.36. The van der Waals surface area contributed by atoms with Gasteiger partial charge in [0.15, 0.2) is 0 Å². The van der Waals surface area contributed by atoms with E-state index >= 15 is 0 Å². The van der Waals surface area contributed by atoms with Crippen LogP contribution in [0.4, 0.5) is 8.78 Å². The van der Waals surface area contributed by atoms with E-state index in [1.807, 2.05) is 0 Å². The van der Waals surface area contributed by atoms with E-state index in [9.17, 15) is 8.78 Å². The highest BCUT2D eigenvalue weighted by Crippen LogP contribution is 2.21. The predicted octanol–water partition coefficient (Wildman–Crippen LogP) is 3.54. The third-order valence-electron chi connectivity index (χ3n) is 4.64. The summed E-state index contributed by atoms with van der Waals surface area (Å²) >= 11 is 3.10. The Bertz CT molecular complexity index is 425. The number of hydrogen-bond acceptors (Lipinski definition) is 3. The molecule has 0 aliphatic carbocycles. The SMILES string of the molecule is CB1N(C)B(C)N(C)B(C)N1C.FC(F)c1cccc(Br)c1. The zero-order chi connectivity index (χ0) is 17.0. The standard InChI is InChI=1S/C7H5BrF2.C6H18B3N3/c8-6-3-1-2-5(4-6)7(9)10;1-7-10(4)8(2)12(6)9(3)11(7)5/h1-4,7H;1-6H3. The van der Waals surface area contributed by atoms with Gasteiger partial charge in [-0.1, -0.05) is 48.5 Å². The van der Waals surface area contributed by atoms with E-state index < -0.39 is 6.43 Å². The molecule has 0 saturated carbocycles. The first kappa shape index (κ1) is 19.7. The number of alkyl halides is 2. The maximum absolute atomic E-state index is 11.9. The van der Waals surface area contributed by atoms with Crippen molar-refractivity contribution >= 4 is 36.9 Å². The Morgan fingerprint density at radius 3 is 1.59 bits per heavy atom. The third-order valence-corrected chi connectivity index (χ3v) is 5.13. The van der Waals surface area contributed by atoms with E-state index in [4.69, 9.17) is 0 Å². The number of halogens is 3. The average molecular weight is 372 g/mol. The summed E-state index contributed by atoms with van der Waals surface area (Å²) in [5.74, 6) is 0. The Morgan fingerprint density at radius 1 is 0.909 bits per heavy atom. The molecule has 1 aliphatic heterocycles. The molecule has 0 bridgehead atoms. The molecule has 0 atom stereocenters. The van der Waals surface area contributed by atoms with E-state index in [2.05, 4.69) is 71.7 Å². The average Bonchev–Trinajstić information content (AvgIpc) is 2.50. The molecule has 9 heteroatoms. The van der Waals surface area contributed by atoms with Crippen molar-refractivity contribution in [1.29, 1.82) is 0 Å². The molecule has 0 radical (unpaired) electrons. The second kappa shape index (κ2) is 8.48. The molecule has 1 aromatic rings. The van der Waals surface area contributed by atoms with Gasteiger partial charge in [-0.2, -0.15) is 0 Å². The smallest absolute Gasteiger partial charge is 0.286 e. The lowest BCUT2D eigenvalue weighted by atomic mass is 9.46. The molecule has 0 spiro atoms. The molecule has 2 rings (SSSR count). The van der Waals surface area contributed by atoms with Crippen molar-refractivity contribution in [2.75, 3.05) is 21.1 Å². The molecule has 0 amide bonds. The van der Waals surface area contributed by atoms with Crippen LogP contribution in [-0.4, -0.2) is 56.3 Å². The first-order valence-corrected chi connectivity index (χ1v) is 8.15. The Kier molecular flexibility index (Phi) is 7.58. The lowest BCUT2D eigenvalue weighted by Gasteiger charge is -2.47. The minimum absolute atomic E-state index is 0.0503. The van der Waals surface area contributed by atoms with E-state index in [-0.39, 0.29) is 5.56 Å². The van der Waals surface area contributed by atoms with Crippen LogP contribution in [0.1, 0.15) is 12.0 Å². The highest BCUT2D eigenvalue weighted by Gasteiger charge is 2.40. The van der Waals surface area contributed by atoms with Gasteiger partial charge in [0.1, 0.15) is 0 Å². The zero-order valence-electron chi connectivity index (χ0n) is 14.1. The Labute approximate surface area is 142 Å². The van der Waals surface area contributed by atoms with Crippen LogP contribution in [0.5, 0.6) is 0 Å². The Hall–Kier alpha value is -0.365. The molecule has 22 heavy (non-hydrogen) atoms. The Balaban J connectivity index is 0.000000224. The number of benzene rings is 1. The summed E-state index contributed by atoms with van der Waals surface area (Å²) in [7, 11) is 6.52. The van der Waals surface area contributed by atoms with Crippen LogP contribution < -0.4 is 0 Å². The first-order chi connectivity index (χ1) is 10.2. The van der Waals surface area contributed by atoms with Crippen molar-refractivity contribution in [2.24, 2.45) is 0 Å². The lowest BCUT2D eigenvalue weighted by molar-refractivity contribution is 0.151. The monoisotopic (exact) mass is 371 g/mol. The number of hydrogen-bond donors (Lipinski definition) is 0. The maximum Gasteiger partial charge on any atom is 0.286 e. The molecule has 0 unspecified atom stereocenters. The van der Waals surface area contributed by atoms with Gasteiger partial charge >= 0.3 is 0 Å².